The van der Waals surface area contributed by atoms with Crippen molar-refractivity contribution in [2.45, 2.75) is 92.3 Å². The van der Waals surface area contributed by atoms with Gasteiger partial charge in [-0.1, -0.05) is 53.7 Å². The van der Waals surface area contributed by atoms with Crippen LogP contribution in [0.5, 0.6) is 0 Å². The average Bonchev–Trinajstić information content (AvgIpc) is 2.67. The minimum absolute atomic E-state index is 0.131. The smallest absolute Gasteiger partial charge is 0.339 e. The van der Waals surface area contributed by atoms with Crippen LogP contribution in [-0.4, -0.2) is 24.1 Å². The summed E-state index contributed by atoms with van der Waals surface area (Å²) >= 11 is 0. The van der Waals surface area contributed by atoms with E-state index in [1.165, 1.54) is 0 Å². The fraction of sp³-hybridized carbons (Fsp3) is 0.667. The summed E-state index contributed by atoms with van der Waals surface area (Å²) in [6, 6.07) is 6.78. The SMILES string of the molecule is CCC(CCC(C)C)OC(=O)c1ccccc1C(=O)OC(CC)CCC(C)C. The first-order chi connectivity index (χ1) is 13.3. The molecule has 0 saturated heterocycles. The van der Waals surface area contributed by atoms with Crippen molar-refractivity contribution in [1.29, 1.82) is 0 Å². The molecule has 0 aliphatic rings. The lowest BCUT2D eigenvalue weighted by Crippen LogP contribution is -2.23. The third-order valence-corrected chi connectivity index (χ3v) is 4.96. The first-order valence-electron chi connectivity index (χ1n) is 10.8. The number of ether oxygens (including phenoxy) is 2. The van der Waals surface area contributed by atoms with E-state index in [1.807, 2.05) is 13.8 Å². The van der Waals surface area contributed by atoms with E-state index >= 15 is 0 Å². The summed E-state index contributed by atoms with van der Waals surface area (Å²) < 4.78 is 11.4. The van der Waals surface area contributed by atoms with Crippen LogP contribution in [0.4, 0.5) is 0 Å². The molecule has 0 spiro atoms. The molecule has 2 atom stereocenters. The van der Waals surface area contributed by atoms with Crippen LogP contribution in [0.1, 0.15) is 101 Å². The third kappa shape index (κ3) is 8.45. The lowest BCUT2D eigenvalue weighted by molar-refractivity contribution is 0.0213. The number of carbonyl (C=O) groups excluding carboxylic acids is 2. The van der Waals surface area contributed by atoms with Crippen molar-refractivity contribution in [2.75, 3.05) is 0 Å². The largest absolute Gasteiger partial charge is 0.459 e. The van der Waals surface area contributed by atoms with Gasteiger partial charge in [-0.25, -0.2) is 9.59 Å². The van der Waals surface area contributed by atoms with Crippen molar-refractivity contribution in [1.82, 2.24) is 0 Å². The average molecular weight is 391 g/mol. The number of rotatable bonds is 12. The Kier molecular flexibility index (Phi) is 10.9. The van der Waals surface area contributed by atoms with Crippen LogP contribution in [0.25, 0.3) is 0 Å². The second-order valence-electron chi connectivity index (χ2n) is 8.36. The van der Waals surface area contributed by atoms with Crippen molar-refractivity contribution >= 4 is 11.9 Å². The van der Waals surface area contributed by atoms with Gasteiger partial charge < -0.3 is 9.47 Å². The molecule has 0 N–H and O–H groups in total. The zero-order chi connectivity index (χ0) is 21.1. The molecule has 0 radical (unpaired) electrons. The van der Waals surface area contributed by atoms with Crippen molar-refractivity contribution in [3.05, 3.63) is 35.4 Å². The second kappa shape index (κ2) is 12.6. The molecule has 0 saturated carbocycles. The molecule has 0 heterocycles. The van der Waals surface area contributed by atoms with Gasteiger partial charge in [0.05, 0.1) is 11.1 Å². The molecule has 0 fully saturated rings. The van der Waals surface area contributed by atoms with Crippen LogP contribution in [-0.2, 0) is 9.47 Å². The van der Waals surface area contributed by atoms with Gasteiger partial charge in [-0.05, 0) is 62.5 Å². The van der Waals surface area contributed by atoms with E-state index < -0.39 is 11.9 Å². The highest BCUT2D eigenvalue weighted by molar-refractivity contribution is 6.03. The van der Waals surface area contributed by atoms with Crippen LogP contribution < -0.4 is 0 Å². The van der Waals surface area contributed by atoms with Gasteiger partial charge >= 0.3 is 11.9 Å². The molecule has 0 aliphatic heterocycles. The molecule has 0 amide bonds. The minimum Gasteiger partial charge on any atom is -0.459 e. The molecular weight excluding hydrogens is 352 g/mol. The van der Waals surface area contributed by atoms with Gasteiger partial charge in [0.15, 0.2) is 0 Å². The summed E-state index contributed by atoms with van der Waals surface area (Å²) in [4.78, 5) is 25.4. The Morgan fingerprint density at radius 3 is 1.36 bits per heavy atom. The topological polar surface area (TPSA) is 52.6 Å². The summed E-state index contributed by atoms with van der Waals surface area (Å²) in [5.74, 6) is 0.232. The summed E-state index contributed by atoms with van der Waals surface area (Å²) in [6.07, 6.45) is 4.93. The number of esters is 2. The molecule has 158 valence electrons. The van der Waals surface area contributed by atoms with Gasteiger partial charge in [0.1, 0.15) is 12.2 Å². The molecule has 1 rings (SSSR count). The highest BCUT2D eigenvalue weighted by Crippen LogP contribution is 2.19. The van der Waals surface area contributed by atoms with Crippen molar-refractivity contribution in [3.8, 4) is 0 Å². The number of benzene rings is 1. The van der Waals surface area contributed by atoms with E-state index in [2.05, 4.69) is 27.7 Å². The maximum atomic E-state index is 12.7. The normalized spacial score (nSPS) is 13.4. The van der Waals surface area contributed by atoms with Crippen LogP contribution >= 0.6 is 0 Å². The van der Waals surface area contributed by atoms with Crippen LogP contribution in [0.3, 0.4) is 0 Å². The van der Waals surface area contributed by atoms with E-state index in [9.17, 15) is 9.59 Å². The highest BCUT2D eigenvalue weighted by atomic mass is 16.5. The summed E-state index contributed by atoms with van der Waals surface area (Å²) in [5, 5.41) is 0. The Balaban J connectivity index is 2.84. The van der Waals surface area contributed by atoms with Gasteiger partial charge in [-0.3, -0.25) is 0 Å². The molecule has 4 heteroatoms. The van der Waals surface area contributed by atoms with E-state index in [0.29, 0.717) is 11.8 Å². The lowest BCUT2D eigenvalue weighted by atomic mass is 10.0. The van der Waals surface area contributed by atoms with Gasteiger partial charge in [0.2, 0.25) is 0 Å². The zero-order valence-electron chi connectivity index (χ0n) is 18.5. The Hall–Kier alpha value is -1.84. The fourth-order valence-electron chi connectivity index (χ4n) is 3.00. The summed E-state index contributed by atoms with van der Waals surface area (Å²) in [7, 11) is 0. The van der Waals surface area contributed by atoms with E-state index in [1.54, 1.807) is 24.3 Å². The molecule has 0 aromatic heterocycles. The lowest BCUT2D eigenvalue weighted by Gasteiger charge is -2.20. The standard InChI is InChI=1S/C24H38O4/c1-7-19(15-13-17(3)4)27-23(25)21-11-9-10-12-22(21)24(26)28-20(8-2)16-14-18(5)6/h9-12,17-20H,7-8,13-16H2,1-6H3. The predicted molar refractivity (Wildman–Crippen MR) is 114 cm³/mol. The number of hydrogen-bond donors (Lipinski definition) is 0. The third-order valence-electron chi connectivity index (χ3n) is 4.96. The van der Waals surface area contributed by atoms with Gasteiger partial charge in [0.25, 0.3) is 0 Å². The molecule has 1 aromatic rings. The Bertz CT molecular complexity index is 553. The monoisotopic (exact) mass is 390 g/mol. The molecule has 28 heavy (non-hydrogen) atoms. The highest BCUT2D eigenvalue weighted by Gasteiger charge is 2.23. The van der Waals surface area contributed by atoms with Crippen LogP contribution in [0.15, 0.2) is 24.3 Å². The predicted octanol–water partition coefficient (Wildman–Crippen LogP) is 6.43. The molecule has 0 bridgehead atoms. The molecular formula is C24H38O4. The van der Waals surface area contributed by atoms with Crippen LogP contribution in [0.2, 0.25) is 0 Å². The van der Waals surface area contributed by atoms with Gasteiger partial charge in [-0.2, -0.15) is 0 Å². The molecule has 4 nitrogen and oxygen atoms in total. The quantitative estimate of drug-likeness (QED) is 0.386. The van der Waals surface area contributed by atoms with Crippen molar-refractivity contribution < 1.29 is 19.1 Å². The Labute approximate surface area is 171 Å². The number of carbonyl (C=O) groups is 2. The first kappa shape index (κ1) is 24.2. The summed E-state index contributed by atoms with van der Waals surface area (Å²) in [6.45, 7) is 12.6. The van der Waals surface area contributed by atoms with Crippen LogP contribution in [0, 0.1) is 11.8 Å². The first-order valence-corrected chi connectivity index (χ1v) is 10.8. The van der Waals surface area contributed by atoms with E-state index in [-0.39, 0.29) is 23.3 Å². The van der Waals surface area contributed by atoms with Crippen molar-refractivity contribution in [2.24, 2.45) is 11.8 Å². The molecule has 0 aliphatic carbocycles. The van der Waals surface area contributed by atoms with E-state index in [0.717, 1.165) is 38.5 Å². The maximum Gasteiger partial charge on any atom is 0.339 e. The second-order valence-corrected chi connectivity index (χ2v) is 8.36. The van der Waals surface area contributed by atoms with Gasteiger partial charge in [0, 0.05) is 0 Å². The minimum atomic E-state index is -0.446. The molecule has 1 aromatic carbocycles. The summed E-state index contributed by atoms with van der Waals surface area (Å²) in [5.41, 5.74) is 0.573. The van der Waals surface area contributed by atoms with Gasteiger partial charge in [-0.15, -0.1) is 0 Å². The Morgan fingerprint density at radius 1 is 0.714 bits per heavy atom. The molecule has 2 unspecified atom stereocenters. The number of hydrogen-bond acceptors (Lipinski definition) is 4. The Morgan fingerprint density at radius 2 is 1.07 bits per heavy atom. The van der Waals surface area contributed by atoms with E-state index in [4.69, 9.17) is 9.47 Å². The zero-order valence-corrected chi connectivity index (χ0v) is 18.5. The fourth-order valence-corrected chi connectivity index (χ4v) is 3.00. The van der Waals surface area contributed by atoms with Crippen molar-refractivity contribution in [3.63, 3.8) is 0 Å². The maximum absolute atomic E-state index is 12.7.